The first kappa shape index (κ1) is 13.5. The number of likely N-dealkylation sites (tertiary alicyclic amines) is 1. The van der Waals surface area contributed by atoms with E-state index < -0.39 is 11.5 Å². The summed E-state index contributed by atoms with van der Waals surface area (Å²) < 4.78 is 0. The fourth-order valence-corrected chi connectivity index (χ4v) is 2.34. The van der Waals surface area contributed by atoms with Crippen LogP contribution in [0.15, 0.2) is 0 Å². The van der Waals surface area contributed by atoms with E-state index in [4.69, 9.17) is 0 Å². The second kappa shape index (κ2) is 5.15. The van der Waals surface area contributed by atoms with E-state index in [1.807, 2.05) is 20.9 Å². The predicted octanol–water partition coefficient (Wildman–Crippen LogP) is 1.27. The fourth-order valence-electron chi connectivity index (χ4n) is 2.34. The number of nitrogens with zero attached hydrogens (tertiary/aromatic N) is 2. The van der Waals surface area contributed by atoms with Crippen LogP contribution in [0.1, 0.15) is 33.1 Å². The molecule has 0 radical (unpaired) electrons. The summed E-state index contributed by atoms with van der Waals surface area (Å²) in [7, 11) is 4.07. The Morgan fingerprint density at radius 3 is 2.38 bits per heavy atom. The van der Waals surface area contributed by atoms with E-state index in [-0.39, 0.29) is 0 Å². The van der Waals surface area contributed by atoms with Gasteiger partial charge >= 0.3 is 5.97 Å². The summed E-state index contributed by atoms with van der Waals surface area (Å²) in [6.45, 7) is 5.90. The predicted molar refractivity (Wildman–Crippen MR) is 64.6 cm³/mol. The zero-order valence-electron chi connectivity index (χ0n) is 10.9. The lowest BCUT2D eigenvalue weighted by atomic mass is 9.92. The first-order valence-corrected chi connectivity index (χ1v) is 6.06. The Kier molecular flexibility index (Phi) is 4.33. The molecule has 94 valence electrons. The standard InChI is InChI=1S/C12H24N2O2/c1-5-12(2,11(15)16)14(4)10-6-8-13(3)9-7-10/h10H,5-9H2,1-4H3,(H,15,16). The van der Waals surface area contributed by atoms with Crippen molar-refractivity contribution in [3.05, 3.63) is 0 Å². The highest BCUT2D eigenvalue weighted by Gasteiger charge is 2.39. The molecule has 1 rings (SSSR count). The van der Waals surface area contributed by atoms with Gasteiger partial charge < -0.3 is 10.0 Å². The molecule has 1 heterocycles. The van der Waals surface area contributed by atoms with Gasteiger partial charge in [-0.1, -0.05) is 6.92 Å². The van der Waals surface area contributed by atoms with Gasteiger partial charge in [-0.15, -0.1) is 0 Å². The van der Waals surface area contributed by atoms with Crippen LogP contribution in [-0.2, 0) is 4.79 Å². The van der Waals surface area contributed by atoms with Gasteiger partial charge in [-0.05, 0) is 53.4 Å². The average Bonchev–Trinajstić information content (AvgIpc) is 2.27. The maximum Gasteiger partial charge on any atom is 0.323 e. The Labute approximate surface area is 98.2 Å². The third-order valence-electron chi connectivity index (χ3n) is 4.16. The normalized spacial score (nSPS) is 23.3. The minimum atomic E-state index is -0.722. The number of hydrogen-bond donors (Lipinski definition) is 1. The summed E-state index contributed by atoms with van der Waals surface area (Å²) in [5, 5.41) is 9.33. The molecule has 4 nitrogen and oxygen atoms in total. The first-order chi connectivity index (χ1) is 7.41. The number of carbonyl (C=O) groups is 1. The third kappa shape index (κ3) is 2.55. The molecule has 1 unspecified atom stereocenters. The van der Waals surface area contributed by atoms with E-state index in [0.717, 1.165) is 25.9 Å². The van der Waals surface area contributed by atoms with E-state index in [1.54, 1.807) is 0 Å². The molecular weight excluding hydrogens is 204 g/mol. The Balaban J connectivity index is 2.68. The van der Waals surface area contributed by atoms with Crippen LogP contribution in [0.5, 0.6) is 0 Å². The van der Waals surface area contributed by atoms with Crippen molar-refractivity contribution in [2.45, 2.75) is 44.7 Å². The summed E-state index contributed by atoms with van der Waals surface area (Å²) >= 11 is 0. The molecule has 1 saturated heterocycles. The highest BCUT2D eigenvalue weighted by Crippen LogP contribution is 2.25. The van der Waals surface area contributed by atoms with Crippen LogP contribution in [0.3, 0.4) is 0 Å². The Morgan fingerprint density at radius 2 is 2.00 bits per heavy atom. The fraction of sp³-hybridized carbons (Fsp3) is 0.917. The molecule has 0 aliphatic carbocycles. The number of likely N-dealkylation sites (N-methyl/N-ethyl adjacent to an activating group) is 1. The lowest BCUT2D eigenvalue weighted by Gasteiger charge is -2.43. The van der Waals surface area contributed by atoms with E-state index in [9.17, 15) is 9.90 Å². The molecule has 0 aromatic heterocycles. The van der Waals surface area contributed by atoms with Gasteiger partial charge in [0, 0.05) is 6.04 Å². The molecule has 4 heteroatoms. The lowest BCUT2D eigenvalue weighted by Crippen LogP contribution is -2.56. The Morgan fingerprint density at radius 1 is 1.50 bits per heavy atom. The molecule has 0 saturated carbocycles. The van der Waals surface area contributed by atoms with Crippen LogP contribution in [0, 0.1) is 0 Å². The SMILES string of the molecule is CCC(C)(C(=O)O)N(C)C1CCN(C)CC1. The quantitative estimate of drug-likeness (QED) is 0.787. The van der Waals surface area contributed by atoms with Crippen molar-refractivity contribution < 1.29 is 9.90 Å². The maximum atomic E-state index is 11.3. The van der Waals surface area contributed by atoms with E-state index in [0.29, 0.717) is 12.5 Å². The van der Waals surface area contributed by atoms with Crippen molar-refractivity contribution in [3.63, 3.8) is 0 Å². The number of carboxylic acids is 1. The van der Waals surface area contributed by atoms with E-state index >= 15 is 0 Å². The summed E-state index contributed by atoms with van der Waals surface area (Å²) in [4.78, 5) is 15.7. The second-order valence-corrected chi connectivity index (χ2v) is 5.08. The van der Waals surface area contributed by atoms with Gasteiger partial charge in [0.2, 0.25) is 0 Å². The smallest absolute Gasteiger partial charge is 0.323 e. The van der Waals surface area contributed by atoms with Crippen molar-refractivity contribution in [2.24, 2.45) is 0 Å². The number of carboxylic acid groups (broad SMARTS) is 1. The third-order valence-corrected chi connectivity index (χ3v) is 4.16. The largest absolute Gasteiger partial charge is 0.480 e. The Bertz CT molecular complexity index is 249. The highest BCUT2D eigenvalue weighted by atomic mass is 16.4. The molecule has 0 spiro atoms. The number of hydrogen-bond acceptors (Lipinski definition) is 3. The van der Waals surface area contributed by atoms with Crippen molar-refractivity contribution >= 4 is 5.97 Å². The molecule has 0 aromatic rings. The summed E-state index contributed by atoms with van der Waals surface area (Å²) in [5.41, 5.74) is -0.722. The minimum absolute atomic E-state index is 0.400. The van der Waals surface area contributed by atoms with E-state index in [2.05, 4.69) is 16.8 Å². The van der Waals surface area contributed by atoms with Crippen molar-refractivity contribution in [3.8, 4) is 0 Å². The highest BCUT2D eigenvalue weighted by molar-refractivity contribution is 5.78. The molecule has 1 atom stereocenters. The minimum Gasteiger partial charge on any atom is -0.480 e. The van der Waals surface area contributed by atoms with Gasteiger partial charge in [0.05, 0.1) is 0 Å². The van der Waals surface area contributed by atoms with Crippen LogP contribution in [0.2, 0.25) is 0 Å². The summed E-state index contributed by atoms with van der Waals surface area (Å²) in [6, 6.07) is 0.400. The molecule has 1 N–H and O–H groups in total. The molecule has 0 bridgehead atoms. The van der Waals surface area contributed by atoms with Crippen molar-refractivity contribution in [1.82, 2.24) is 9.80 Å². The van der Waals surface area contributed by atoms with Gasteiger partial charge in [0.15, 0.2) is 0 Å². The average molecular weight is 228 g/mol. The molecule has 0 amide bonds. The second-order valence-electron chi connectivity index (χ2n) is 5.08. The topological polar surface area (TPSA) is 43.8 Å². The molecule has 1 aliphatic rings. The van der Waals surface area contributed by atoms with Crippen LogP contribution in [-0.4, -0.2) is 59.6 Å². The monoisotopic (exact) mass is 228 g/mol. The lowest BCUT2D eigenvalue weighted by molar-refractivity contribution is -0.152. The molecule has 16 heavy (non-hydrogen) atoms. The van der Waals surface area contributed by atoms with Gasteiger partial charge in [-0.25, -0.2) is 0 Å². The van der Waals surface area contributed by atoms with Crippen molar-refractivity contribution in [1.29, 1.82) is 0 Å². The van der Waals surface area contributed by atoms with Gasteiger partial charge in [-0.2, -0.15) is 0 Å². The van der Waals surface area contributed by atoms with Crippen LogP contribution >= 0.6 is 0 Å². The zero-order valence-corrected chi connectivity index (χ0v) is 10.9. The number of aliphatic carboxylic acids is 1. The zero-order chi connectivity index (χ0) is 12.3. The summed E-state index contributed by atoms with van der Waals surface area (Å²) in [5.74, 6) is -0.712. The first-order valence-electron chi connectivity index (χ1n) is 6.06. The number of piperidine rings is 1. The Hall–Kier alpha value is -0.610. The van der Waals surface area contributed by atoms with Crippen molar-refractivity contribution in [2.75, 3.05) is 27.2 Å². The molecule has 1 aliphatic heterocycles. The molecule has 1 fully saturated rings. The van der Waals surface area contributed by atoms with Gasteiger partial charge in [-0.3, -0.25) is 9.69 Å². The number of rotatable bonds is 4. The van der Waals surface area contributed by atoms with Crippen LogP contribution in [0.4, 0.5) is 0 Å². The summed E-state index contributed by atoms with van der Waals surface area (Å²) in [6.07, 6.45) is 2.77. The van der Waals surface area contributed by atoms with E-state index in [1.165, 1.54) is 0 Å². The van der Waals surface area contributed by atoms with Crippen LogP contribution < -0.4 is 0 Å². The molecule has 0 aromatic carbocycles. The maximum absolute atomic E-state index is 11.3. The molecular formula is C12H24N2O2. The van der Waals surface area contributed by atoms with Crippen LogP contribution in [0.25, 0.3) is 0 Å². The van der Waals surface area contributed by atoms with Gasteiger partial charge in [0.25, 0.3) is 0 Å². The van der Waals surface area contributed by atoms with Gasteiger partial charge in [0.1, 0.15) is 5.54 Å².